The molecule has 1 saturated heterocycles. The summed E-state index contributed by atoms with van der Waals surface area (Å²) in [7, 11) is 0. The molecule has 1 N–H and O–H groups in total. The number of halogens is 1. The molecule has 3 aromatic rings. The molecule has 1 aliphatic heterocycles. The molecule has 4 rings (SSSR count). The van der Waals surface area contributed by atoms with Crippen LogP contribution in [0, 0.1) is 0 Å². The first-order valence-electron chi connectivity index (χ1n) is 8.68. The van der Waals surface area contributed by atoms with Crippen molar-refractivity contribution in [2.75, 3.05) is 0 Å². The number of Topliss-reactive ketones (excluding diaryl/α,β-unsaturated/α-hetero) is 1. The Balaban J connectivity index is 1.83. The normalized spacial score (nSPS) is 18.6. The fraction of sp³-hybridized carbons (Fsp3) is 0.0909. The standard InChI is InChI=1S/C22H16ClNO3S/c23-16-10-8-15(9-11-16)20(25)18-19(17-7-4-12-28-17)24(22(27)21(18)26)13-14-5-2-1-3-6-14/h1-12,19,25H,13H2. The average molecular weight is 410 g/mol. The van der Waals surface area contributed by atoms with Gasteiger partial charge in [-0.15, -0.1) is 11.3 Å². The fourth-order valence-electron chi connectivity index (χ4n) is 3.33. The van der Waals surface area contributed by atoms with Gasteiger partial charge >= 0.3 is 0 Å². The van der Waals surface area contributed by atoms with Gasteiger partial charge in [-0.25, -0.2) is 0 Å². The van der Waals surface area contributed by atoms with E-state index in [0.717, 1.165) is 10.4 Å². The molecule has 140 valence electrons. The zero-order valence-electron chi connectivity index (χ0n) is 14.7. The van der Waals surface area contributed by atoms with Crippen LogP contribution in [0.15, 0.2) is 77.7 Å². The van der Waals surface area contributed by atoms with Crippen molar-refractivity contribution in [1.82, 2.24) is 4.90 Å². The Kier molecular flexibility index (Phi) is 5.03. The maximum absolute atomic E-state index is 12.9. The largest absolute Gasteiger partial charge is 0.507 e. The van der Waals surface area contributed by atoms with E-state index in [4.69, 9.17) is 11.6 Å². The highest BCUT2D eigenvalue weighted by molar-refractivity contribution is 7.10. The van der Waals surface area contributed by atoms with E-state index in [1.165, 1.54) is 16.2 Å². The Morgan fingerprint density at radius 1 is 1.00 bits per heavy atom. The van der Waals surface area contributed by atoms with Gasteiger partial charge in [0.2, 0.25) is 0 Å². The van der Waals surface area contributed by atoms with Crippen molar-refractivity contribution in [3.05, 3.63) is 98.7 Å². The Hall–Kier alpha value is -2.89. The molecular formula is C22H16ClNO3S. The van der Waals surface area contributed by atoms with Gasteiger partial charge in [0, 0.05) is 22.0 Å². The van der Waals surface area contributed by atoms with E-state index in [2.05, 4.69) is 0 Å². The predicted molar refractivity (Wildman–Crippen MR) is 110 cm³/mol. The van der Waals surface area contributed by atoms with E-state index in [9.17, 15) is 14.7 Å². The van der Waals surface area contributed by atoms with Crippen molar-refractivity contribution in [3.8, 4) is 0 Å². The monoisotopic (exact) mass is 409 g/mol. The first-order chi connectivity index (χ1) is 13.6. The molecule has 0 spiro atoms. The number of amides is 1. The van der Waals surface area contributed by atoms with E-state index >= 15 is 0 Å². The molecule has 1 amide bonds. The zero-order chi connectivity index (χ0) is 19.7. The third-order valence-corrected chi connectivity index (χ3v) is 5.84. The van der Waals surface area contributed by atoms with Crippen molar-refractivity contribution in [1.29, 1.82) is 0 Å². The molecule has 2 heterocycles. The molecule has 28 heavy (non-hydrogen) atoms. The lowest BCUT2D eigenvalue weighted by atomic mass is 10.00. The van der Waals surface area contributed by atoms with Gasteiger partial charge < -0.3 is 10.0 Å². The number of nitrogens with zero attached hydrogens (tertiary/aromatic N) is 1. The average Bonchev–Trinajstić information content (AvgIpc) is 3.32. The second kappa shape index (κ2) is 7.62. The Morgan fingerprint density at radius 2 is 1.71 bits per heavy atom. The first-order valence-corrected chi connectivity index (χ1v) is 9.93. The van der Waals surface area contributed by atoms with Gasteiger partial charge in [-0.05, 0) is 41.3 Å². The van der Waals surface area contributed by atoms with Gasteiger partial charge in [-0.3, -0.25) is 9.59 Å². The van der Waals surface area contributed by atoms with Gasteiger partial charge in [0.15, 0.2) is 0 Å². The lowest BCUT2D eigenvalue weighted by Crippen LogP contribution is -2.28. The summed E-state index contributed by atoms with van der Waals surface area (Å²) in [5.74, 6) is -1.48. The van der Waals surface area contributed by atoms with Crippen LogP contribution in [0.2, 0.25) is 5.02 Å². The summed E-state index contributed by atoms with van der Waals surface area (Å²) in [5, 5.41) is 13.3. The number of hydrogen-bond acceptors (Lipinski definition) is 4. The molecule has 4 nitrogen and oxygen atoms in total. The second-order valence-electron chi connectivity index (χ2n) is 6.43. The highest BCUT2D eigenvalue weighted by Crippen LogP contribution is 2.41. The maximum atomic E-state index is 12.9. The van der Waals surface area contributed by atoms with E-state index < -0.39 is 17.7 Å². The summed E-state index contributed by atoms with van der Waals surface area (Å²) in [4.78, 5) is 28.0. The maximum Gasteiger partial charge on any atom is 0.295 e. The van der Waals surface area contributed by atoms with Crippen molar-refractivity contribution in [3.63, 3.8) is 0 Å². The number of ketones is 1. The number of carbonyl (C=O) groups excluding carboxylic acids is 2. The van der Waals surface area contributed by atoms with E-state index in [0.29, 0.717) is 10.6 Å². The minimum atomic E-state index is -0.679. The number of carbonyl (C=O) groups is 2. The van der Waals surface area contributed by atoms with E-state index in [1.807, 2.05) is 47.8 Å². The van der Waals surface area contributed by atoms with Crippen LogP contribution >= 0.6 is 22.9 Å². The summed E-state index contributed by atoms with van der Waals surface area (Å²) < 4.78 is 0. The molecule has 1 fully saturated rings. The van der Waals surface area contributed by atoms with Crippen LogP contribution in [0.25, 0.3) is 5.76 Å². The highest BCUT2D eigenvalue weighted by Gasteiger charge is 2.46. The van der Waals surface area contributed by atoms with Crippen LogP contribution in [0.1, 0.15) is 22.0 Å². The van der Waals surface area contributed by atoms with E-state index in [-0.39, 0.29) is 17.9 Å². The van der Waals surface area contributed by atoms with Crippen LogP contribution in [0.4, 0.5) is 0 Å². The third-order valence-electron chi connectivity index (χ3n) is 4.67. The summed E-state index contributed by atoms with van der Waals surface area (Å²) in [6.45, 7) is 0.283. The molecule has 0 aliphatic carbocycles. The van der Waals surface area contributed by atoms with Crippen molar-refractivity contribution >= 4 is 40.4 Å². The lowest BCUT2D eigenvalue weighted by molar-refractivity contribution is -0.140. The number of thiophene rings is 1. The molecule has 1 aromatic heterocycles. The number of likely N-dealkylation sites (tertiary alicyclic amines) is 1. The van der Waals surface area contributed by atoms with Gasteiger partial charge in [-0.2, -0.15) is 0 Å². The van der Waals surface area contributed by atoms with Crippen LogP contribution < -0.4 is 0 Å². The highest BCUT2D eigenvalue weighted by atomic mass is 35.5. The number of aliphatic hydroxyl groups is 1. The predicted octanol–water partition coefficient (Wildman–Crippen LogP) is 5.02. The second-order valence-corrected chi connectivity index (χ2v) is 7.85. The smallest absolute Gasteiger partial charge is 0.295 e. The molecule has 1 atom stereocenters. The molecule has 0 radical (unpaired) electrons. The number of rotatable bonds is 4. The number of hydrogen-bond donors (Lipinski definition) is 1. The van der Waals surface area contributed by atoms with E-state index in [1.54, 1.807) is 24.3 Å². The summed E-state index contributed by atoms with van der Waals surface area (Å²) >= 11 is 7.37. The zero-order valence-corrected chi connectivity index (χ0v) is 16.3. The molecule has 2 aromatic carbocycles. The Bertz CT molecular complexity index is 1040. The van der Waals surface area contributed by atoms with Crippen molar-refractivity contribution < 1.29 is 14.7 Å². The minimum Gasteiger partial charge on any atom is -0.507 e. The van der Waals surface area contributed by atoms with Crippen molar-refractivity contribution in [2.24, 2.45) is 0 Å². The van der Waals surface area contributed by atoms with Crippen molar-refractivity contribution in [2.45, 2.75) is 12.6 Å². The number of benzene rings is 2. The van der Waals surface area contributed by atoms with Crippen LogP contribution in [-0.4, -0.2) is 21.7 Å². The third kappa shape index (κ3) is 3.35. The Morgan fingerprint density at radius 3 is 2.36 bits per heavy atom. The van der Waals surface area contributed by atoms with Gasteiger partial charge in [0.25, 0.3) is 11.7 Å². The first kappa shape index (κ1) is 18.5. The molecule has 0 bridgehead atoms. The summed E-state index contributed by atoms with van der Waals surface area (Å²) in [5.41, 5.74) is 1.46. The molecular weight excluding hydrogens is 394 g/mol. The lowest BCUT2D eigenvalue weighted by Gasteiger charge is -2.24. The fourth-order valence-corrected chi connectivity index (χ4v) is 4.30. The summed E-state index contributed by atoms with van der Waals surface area (Å²) in [6.07, 6.45) is 0. The molecule has 1 unspecified atom stereocenters. The molecule has 0 saturated carbocycles. The van der Waals surface area contributed by atoms with Crippen LogP contribution in [0.3, 0.4) is 0 Å². The minimum absolute atomic E-state index is 0.103. The topological polar surface area (TPSA) is 57.6 Å². The molecule has 6 heteroatoms. The van der Waals surface area contributed by atoms with Crippen LogP contribution in [0.5, 0.6) is 0 Å². The SMILES string of the molecule is O=C1C(=O)N(Cc2ccccc2)C(c2cccs2)C1=C(O)c1ccc(Cl)cc1. The van der Waals surface area contributed by atoms with Gasteiger partial charge in [0.1, 0.15) is 5.76 Å². The molecule has 1 aliphatic rings. The number of aliphatic hydroxyl groups excluding tert-OH is 1. The summed E-state index contributed by atoms with van der Waals surface area (Å²) in [6, 6.07) is 19.1. The Labute approximate surface area is 171 Å². The van der Waals surface area contributed by atoms with Gasteiger partial charge in [0.05, 0.1) is 11.6 Å². The van der Waals surface area contributed by atoms with Crippen LogP contribution in [-0.2, 0) is 16.1 Å². The quantitative estimate of drug-likeness (QED) is 0.374. The van der Waals surface area contributed by atoms with Gasteiger partial charge in [-0.1, -0.05) is 48.0 Å².